The highest BCUT2D eigenvalue weighted by atomic mass is 28.4. The normalized spacial score (nSPS) is 29.9. The van der Waals surface area contributed by atoms with Crippen molar-refractivity contribution in [3.63, 3.8) is 0 Å². The van der Waals surface area contributed by atoms with Gasteiger partial charge in [-0.3, -0.25) is 0 Å². The summed E-state index contributed by atoms with van der Waals surface area (Å²) in [6.07, 6.45) is -0.415. The molecule has 3 aromatic carbocycles. The van der Waals surface area contributed by atoms with Gasteiger partial charge in [0.15, 0.2) is 14.6 Å². The molecule has 48 heavy (non-hydrogen) atoms. The fourth-order valence-electron chi connectivity index (χ4n) is 6.79. The summed E-state index contributed by atoms with van der Waals surface area (Å²) in [4.78, 5) is 0. The first-order chi connectivity index (χ1) is 22.9. The Hall–Kier alpha value is -2.36. The molecular weight excluding hydrogens is 617 g/mol. The Morgan fingerprint density at radius 2 is 1.08 bits per heavy atom. The molecule has 0 spiro atoms. The van der Waals surface area contributed by atoms with Crippen LogP contribution in [-0.2, 0) is 47.9 Å². The van der Waals surface area contributed by atoms with Crippen LogP contribution in [0.2, 0.25) is 18.1 Å². The molecule has 1 saturated heterocycles. The molecular formula is C41H58O6Si. The molecule has 2 aliphatic rings. The lowest BCUT2D eigenvalue weighted by Gasteiger charge is -2.49. The molecule has 0 amide bonds. The van der Waals surface area contributed by atoms with E-state index in [2.05, 4.69) is 91.0 Å². The van der Waals surface area contributed by atoms with E-state index in [9.17, 15) is 0 Å². The van der Waals surface area contributed by atoms with Gasteiger partial charge in [-0.1, -0.05) is 126 Å². The standard InChI is InChI=1S/C41H58O6Si/c1-29-24-30(2)36(35(25-29)47-48(7,8)41(4,5)6)46-40-39(44-28-34-22-16-11-17-23-34)38(43-27-33-20-14-10-15-21-33)37(31(3)45-40)42-26-32-18-12-9-13-19-32/h9-23,29-31,35-40H,24-28H2,1-8H3/t29-,30+,31+,35-,36-,37-,38-,39+,40+/m1/s1. The van der Waals surface area contributed by atoms with Crippen molar-refractivity contribution in [1.29, 1.82) is 0 Å². The lowest BCUT2D eigenvalue weighted by atomic mass is 9.79. The van der Waals surface area contributed by atoms with E-state index in [1.807, 2.05) is 54.6 Å². The Labute approximate surface area is 290 Å². The van der Waals surface area contributed by atoms with Crippen LogP contribution < -0.4 is 0 Å². The molecule has 0 aromatic heterocycles. The maximum Gasteiger partial charge on any atom is 0.192 e. The minimum atomic E-state index is -2.06. The van der Waals surface area contributed by atoms with E-state index in [1.165, 1.54) is 0 Å². The van der Waals surface area contributed by atoms with Crippen LogP contribution in [0, 0.1) is 11.8 Å². The van der Waals surface area contributed by atoms with Gasteiger partial charge in [-0.15, -0.1) is 0 Å². The molecule has 1 aliphatic heterocycles. The molecule has 1 heterocycles. The predicted octanol–water partition coefficient (Wildman–Crippen LogP) is 9.33. The van der Waals surface area contributed by atoms with Gasteiger partial charge in [0, 0.05) is 0 Å². The Bertz CT molecular complexity index is 1360. The quantitative estimate of drug-likeness (QED) is 0.169. The maximum absolute atomic E-state index is 7.14. The van der Waals surface area contributed by atoms with Crippen molar-refractivity contribution in [3.05, 3.63) is 108 Å². The first-order valence-electron chi connectivity index (χ1n) is 17.9. The van der Waals surface area contributed by atoms with Crippen molar-refractivity contribution in [2.45, 2.75) is 135 Å². The minimum absolute atomic E-state index is 0.0194. The van der Waals surface area contributed by atoms with Gasteiger partial charge in [-0.25, -0.2) is 0 Å². The Balaban J connectivity index is 1.45. The summed E-state index contributed by atoms with van der Waals surface area (Å²) in [5, 5.41) is 0.0956. The van der Waals surface area contributed by atoms with Crippen molar-refractivity contribution >= 4 is 8.32 Å². The number of ether oxygens (including phenoxy) is 5. The summed E-state index contributed by atoms with van der Waals surface area (Å²) in [6.45, 7) is 19.5. The van der Waals surface area contributed by atoms with Crippen molar-refractivity contribution in [3.8, 4) is 0 Å². The molecule has 3 aromatic rings. The molecule has 0 bridgehead atoms. The van der Waals surface area contributed by atoms with Crippen LogP contribution in [0.15, 0.2) is 91.0 Å². The second kappa shape index (κ2) is 16.6. The SMILES string of the molecule is C[C@@H]1C[C@H](C)[C@@H](O[C@@H]2O[C@@H](C)[C@@H](OCc3ccccc3)[C@@H](OCc3ccccc3)[C@@H]2OCc2ccccc2)[C@H](O[Si](C)(C)C(C)(C)C)C1. The topological polar surface area (TPSA) is 55.4 Å². The monoisotopic (exact) mass is 674 g/mol. The van der Waals surface area contributed by atoms with E-state index >= 15 is 0 Å². The Morgan fingerprint density at radius 3 is 1.56 bits per heavy atom. The molecule has 2 fully saturated rings. The first-order valence-corrected chi connectivity index (χ1v) is 20.8. The molecule has 7 heteroatoms. The van der Waals surface area contributed by atoms with Gasteiger partial charge >= 0.3 is 0 Å². The number of hydrogen-bond acceptors (Lipinski definition) is 6. The summed E-state index contributed by atoms with van der Waals surface area (Å²) in [5.74, 6) is 0.858. The molecule has 262 valence electrons. The average molecular weight is 675 g/mol. The van der Waals surface area contributed by atoms with Crippen molar-refractivity contribution < 1.29 is 28.1 Å². The summed E-state index contributed by atoms with van der Waals surface area (Å²) < 4.78 is 41.4. The summed E-state index contributed by atoms with van der Waals surface area (Å²) in [6, 6.07) is 30.8. The highest BCUT2D eigenvalue weighted by Crippen LogP contribution is 2.43. The van der Waals surface area contributed by atoms with E-state index in [0.717, 1.165) is 29.5 Å². The van der Waals surface area contributed by atoms with Gasteiger partial charge in [-0.2, -0.15) is 0 Å². The van der Waals surface area contributed by atoms with Gasteiger partial charge in [0.25, 0.3) is 0 Å². The molecule has 0 unspecified atom stereocenters. The van der Waals surface area contributed by atoms with Crippen molar-refractivity contribution in [2.24, 2.45) is 11.8 Å². The summed E-state index contributed by atoms with van der Waals surface area (Å²) >= 11 is 0. The number of hydrogen-bond donors (Lipinski definition) is 0. The molecule has 5 rings (SSSR count). The summed E-state index contributed by atoms with van der Waals surface area (Å²) in [5.41, 5.74) is 3.27. The fourth-order valence-corrected chi connectivity index (χ4v) is 8.13. The zero-order valence-electron chi connectivity index (χ0n) is 30.3. The molecule has 0 radical (unpaired) electrons. The van der Waals surface area contributed by atoms with Crippen LogP contribution in [0.4, 0.5) is 0 Å². The van der Waals surface area contributed by atoms with Crippen molar-refractivity contribution in [1.82, 2.24) is 0 Å². The maximum atomic E-state index is 7.14. The highest BCUT2D eigenvalue weighted by molar-refractivity contribution is 6.74. The second-order valence-corrected chi connectivity index (χ2v) is 20.3. The first kappa shape index (κ1) is 36.9. The van der Waals surface area contributed by atoms with Crippen LogP contribution in [0.25, 0.3) is 0 Å². The van der Waals surface area contributed by atoms with Crippen LogP contribution >= 0.6 is 0 Å². The lowest BCUT2D eigenvalue weighted by molar-refractivity contribution is -0.338. The van der Waals surface area contributed by atoms with Crippen LogP contribution in [0.3, 0.4) is 0 Å². The van der Waals surface area contributed by atoms with Gasteiger partial charge in [-0.05, 0) is 66.4 Å². The van der Waals surface area contributed by atoms with E-state index < -0.39 is 26.8 Å². The number of rotatable bonds is 13. The molecule has 0 N–H and O–H groups in total. The minimum Gasteiger partial charge on any atom is -0.411 e. The highest BCUT2D eigenvalue weighted by Gasteiger charge is 2.51. The van der Waals surface area contributed by atoms with E-state index in [4.69, 9.17) is 28.1 Å². The molecule has 6 nitrogen and oxygen atoms in total. The molecule has 1 aliphatic carbocycles. The summed E-state index contributed by atoms with van der Waals surface area (Å²) in [7, 11) is -2.06. The predicted molar refractivity (Wildman–Crippen MR) is 194 cm³/mol. The van der Waals surface area contributed by atoms with Crippen LogP contribution in [-0.4, -0.2) is 51.2 Å². The Kier molecular flexibility index (Phi) is 12.7. The largest absolute Gasteiger partial charge is 0.411 e. The van der Waals surface area contributed by atoms with Gasteiger partial charge in [0.05, 0.1) is 38.1 Å². The lowest BCUT2D eigenvalue weighted by Crippen LogP contribution is -2.62. The fraction of sp³-hybridized carbons (Fsp3) is 0.561. The van der Waals surface area contributed by atoms with E-state index in [0.29, 0.717) is 31.7 Å². The number of benzene rings is 3. The third kappa shape index (κ3) is 9.66. The van der Waals surface area contributed by atoms with E-state index in [1.54, 1.807) is 0 Å². The van der Waals surface area contributed by atoms with E-state index in [-0.39, 0.29) is 29.5 Å². The Morgan fingerprint density at radius 1 is 0.625 bits per heavy atom. The zero-order chi connectivity index (χ0) is 34.3. The third-order valence-electron chi connectivity index (χ3n) is 10.5. The van der Waals surface area contributed by atoms with Gasteiger partial charge < -0.3 is 28.1 Å². The smallest absolute Gasteiger partial charge is 0.192 e. The van der Waals surface area contributed by atoms with Crippen LogP contribution in [0.5, 0.6) is 0 Å². The molecule has 9 atom stereocenters. The third-order valence-corrected chi connectivity index (χ3v) is 15.0. The average Bonchev–Trinajstić information content (AvgIpc) is 3.05. The zero-order valence-corrected chi connectivity index (χ0v) is 31.3. The molecule has 1 saturated carbocycles. The van der Waals surface area contributed by atoms with Crippen molar-refractivity contribution in [2.75, 3.05) is 0 Å². The van der Waals surface area contributed by atoms with Gasteiger partial charge in [0.1, 0.15) is 18.3 Å². The second-order valence-electron chi connectivity index (χ2n) is 15.6. The van der Waals surface area contributed by atoms with Gasteiger partial charge in [0.2, 0.25) is 0 Å². The van der Waals surface area contributed by atoms with Crippen LogP contribution in [0.1, 0.15) is 71.1 Å².